The predicted molar refractivity (Wildman–Crippen MR) is 134 cm³/mol. The van der Waals surface area contributed by atoms with E-state index in [0.717, 1.165) is 6.42 Å². The minimum Gasteiger partial charge on any atom is -0.395 e. The normalized spacial score (nSPS) is 19.8. The van der Waals surface area contributed by atoms with Crippen LogP contribution in [-0.2, 0) is 14.8 Å². The molecule has 0 spiro atoms. The van der Waals surface area contributed by atoms with Gasteiger partial charge in [-0.2, -0.15) is 0 Å². The second kappa shape index (κ2) is 10.9. The molecule has 1 fully saturated rings. The number of pyridine rings is 1. The summed E-state index contributed by atoms with van der Waals surface area (Å²) in [4.78, 5) is 32.4. The summed E-state index contributed by atoms with van der Waals surface area (Å²) in [5, 5.41) is 15.1. The molecular formula is C24H29N5O5S. The number of nitrogens with zero attached hydrogens (tertiary/aromatic N) is 2. The zero-order chi connectivity index (χ0) is 24.8. The molecule has 4 bridgehead atoms. The van der Waals surface area contributed by atoms with Crippen LogP contribution >= 0.6 is 0 Å². The fourth-order valence-corrected chi connectivity index (χ4v) is 5.08. The zero-order valence-electron chi connectivity index (χ0n) is 19.2. The molecule has 3 aliphatic rings. The van der Waals surface area contributed by atoms with E-state index in [0.29, 0.717) is 48.8 Å². The standard InChI is InChI=1S/C24H29N5O5S/c30-13-14-35(33,34)28-18-7-8-19-20(16-18)17-9-12-29(23(31)15-17)11-3-1-2-10-25-21-5-4-6-22(26-21)27-24(19)32/h1,3-8,16-17,28,30H,2,9-15H2,(H2,25,26,27,32)/b3-1+. The number of aliphatic hydroxyl groups excluding tert-OH is 1. The molecule has 0 aliphatic carbocycles. The Morgan fingerprint density at radius 1 is 1.14 bits per heavy atom. The Hall–Kier alpha value is -3.44. The van der Waals surface area contributed by atoms with E-state index in [1.807, 2.05) is 18.2 Å². The molecule has 1 unspecified atom stereocenters. The first-order valence-electron chi connectivity index (χ1n) is 11.5. The van der Waals surface area contributed by atoms with E-state index in [4.69, 9.17) is 5.11 Å². The first-order chi connectivity index (χ1) is 16.8. The Balaban J connectivity index is 1.71. The summed E-state index contributed by atoms with van der Waals surface area (Å²) in [6, 6.07) is 9.96. The molecule has 2 aromatic rings. The monoisotopic (exact) mass is 499 g/mol. The largest absolute Gasteiger partial charge is 0.395 e. The van der Waals surface area contributed by atoms with Gasteiger partial charge in [0.1, 0.15) is 11.6 Å². The van der Waals surface area contributed by atoms with E-state index >= 15 is 0 Å². The third-order valence-electron chi connectivity index (χ3n) is 5.99. The Bertz CT molecular complexity index is 1230. The van der Waals surface area contributed by atoms with E-state index in [-0.39, 0.29) is 23.9 Å². The maximum atomic E-state index is 13.3. The molecule has 10 nitrogen and oxygen atoms in total. The van der Waals surface area contributed by atoms with Gasteiger partial charge in [0.2, 0.25) is 15.9 Å². The highest BCUT2D eigenvalue weighted by molar-refractivity contribution is 7.92. The molecule has 1 atom stereocenters. The number of piperidine rings is 1. The fourth-order valence-electron chi connectivity index (χ4n) is 4.25. The van der Waals surface area contributed by atoms with Crippen molar-refractivity contribution in [2.24, 2.45) is 0 Å². The number of anilines is 3. The molecule has 186 valence electrons. The van der Waals surface area contributed by atoms with Crippen LogP contribution in [0.1, 0.15) is 41.1 Å². The topological polar surface area (TPSA) is 141 Å². The minimum absolute atomic E-state index is 0.0146. The van der Waals surface area contributed by atoms with E-state index in [1.165, 1.54) is 6.07 Å². The number of fused-ring (bicyclic) bond motifs is 7. The number of sulfonamides is 1. The van der Waals surface area contributed by atoms with Gasteiger partial charge in [-0.15, -0.1) is 0 Å². The van der Waals surface area contributed by atoms with Crippen molar-refractivity contribution in [2.75, 3.05) is 47.3 Å². The number of carbonyl (C=O) groups excluding carboxylic acids is 2. The number of aliphatic hydroxyl groups is 1. The fraction of sp³-hybridized carbons (Fsp3) is 0.375. The van der Waals surface area contributed by atoms with Crippen LogP contribution in [0.3, 0.4) is 0 Å². The lowest BCUT2D eigenvalue weighted by molar-refractivity contribution is -0.133. The zero-order valence-corrected chi connectivity index (χ0v) is 20.1. The van der Waals surface area contributed by atoms with Gasteiger partial charge in [0.25, 0.3) is 5.91 Å². The number of carbonyl (C=O) groups is 2. The molecule has 1 aromatic heterocycles. The van der Waals surface area contributed by atoms with Gasteiger partial charge < -0.3 is 20.6 Å². The number of rotatable bonds is 4. The highest BCUT2D eigenvalue weighted by Gasteiger charge is 2.29. The molecule has 4 N–H and O–H groups in total. The summed E-state index contributed by atoms with van der Waals surface area (Å²) < 4.78 is 26.8. The van der Waals surface area contributed by atoms with Crippen molar-refractivity contribution in [3.05, 3.63) is 59.7 Å². The molecule has 0 radical (unpaired) electrons. The van der Waals surface area contributed by atoms with Crippen LogP contribution in [0.5, 0.6) is 0 Å². The molecule has 2 amide bonds. The third kappa shape index (κ3) is 6.37. The molecule has 1 aromatic carbocycles. The molecule has 35 heavy (non-hydrogen) atoms. The number of benzene rings is 1. The second-order valence-corrected chi connectivity index (χ2v) is 10.4. The summed E-state index contributed by atoms with van der Waals surface area (Å²) in [7, 11) is -3.75. The molecule has 4 heterocycles. The first-order valence-corrected chi connectivity index (χ1v) is 13.2. The summed E-state index contributed by atoms with van der Waals surface area (Å²) in [6.45, 7) is 1.21. The van der Waals surface area contributed by atoms with Gasteiger partial charge in [-0.05, 0) is 54.7 Å². The van der Waals surface area contributed by atoms with Crippen LogP contribution in [0.15, 0.2) is 48.6 Å². The van der Waals surface area contributed by atoms with Crippen molar-refractivity contribution in [1.82, 2.24) is 9.88 Å². The van der Waals surface area contributed by atoms with Crippen LogP contribution in [0, 0.1) is 0 Å². The summed E-state index contributed by atoms with van der Waals surface area (Å²) in [5.41, 5.74) is 1.22. The summed E-state index contributed by atoms with van der Waals surface area (Å²) in [6.07, 6.45) is 5.63. The van der Waals surface area contributed by atoms with Gasteiger partial charge in [0.15, 0.2) is 0 Å². The predicted octanol–water partition coefficient (Wildman–Crippen LogP) is 2.15. The van der Waals surface area contributed by atoms with Crippen molar-refractivity contribution in [3.63, 3.8) is 0 Å². The lowest BCUT2D eigenvalue weighted by Gasteiger charge is -2.32. The van der Waals surface area contributed by atoms with E-state index in [2.05, 4.69) is 20.3 Å². The maximum absolute atomic E-state index is 13.3. The van der Waals surface area contributed by atoms with E-state index < -0.39 is 28.3 Å². The quantitative estimate of drug-likeness (QED) is 0.473. The Kier molecular flexibility index (Phi) is 7.67. The molecule has 11 heteroatoms. The van der Waals surface area contributed by atoms with Crippen molar-refractivity contribution in [1.29, 1.82) is 0 Å². The van der Waals surface area contributed by atoms with Gasteiger partial charge in [-0.1, -0.05) is 18.2 Å². The molecular weight excluding hydrogens is 470 g/mol. The van der Waals surface area contributed by atoms with Crippen LogP contribution < -0.4 is 15.4 Å². The molecule has 1 saturated heterocycles. The third-order valence-corrected chi connectivity index (χ3v) is 7.26. The number of amides is 2. The SMILES string of the molecule is O=C1Nc2cccc(n2)NCC/C=C/CN2CCC(CC2=O)c2cc(NS(=O)(=O)CCO)ccc21. The lowest BCUT2D eigenvalue weighted by atomic mass is 9.85. The lowest BCUT2D eigenvalue weighted by Crippen LogP contribution is -2.38. The highest BCUT2D eigenvalue weighted by atomic mass is 32.2. The van der Waals surface area contributed by atoms with Gasteiger partial charge in [-0.25, -0.2) is 13.4 Å². The van der Waals surface area contributed by atoms with E-state index in [9.17, 15) is 18.0 Å². The van der Waals surface area contributed by atoms with Gasteiger partial charge in [0, 0.05) is 37.3 Å². The second-order valence-electron chi connectivity index (χ2n) is 8.53. The van der Waals surface area contributed by atoms with Crippen LogP contribution in [-0.4, -0.2) is 67.2 Å². The van der Waals surface area contributed by atoms with Crippen molar-refractivity contribution < 1.29 is 23.1 Å². The minimum atomic E-state index is -3.75. The Morgan fingerprint density at radius 2 is 1.97 bits per heavy atom. The van der Waals surface area contributed by atoms with Crippen molar-refractivity contribution >= 4 is 39.2 Å². The van der Waals surface area contributed by atoms with Crippen LogP contribution in [0.4, 0.5) is 17.3 Å². The van der Waals surface area contributed by atoms with Crippen LogP contribution in [0.25, 0.3) is 0 Å². The van der Waals surface area contributed by atoms with Crippen LogP contribution in [0.2, 0.25) is 0 Å². The van der Waals surface area contributed by atoms with Gasteiger partial charge in [0.05, 0.1) is 12.4 Å². The summed E-state index contributed by atoms with van der Waals surface area (Å²) in [5.74, 6) is -0.0832. The van der Waals surface area contributed by atoms with Crippen molar-refractivity contribution in [3.8, 4) is 0 Å². The number of aromatic nitrogens is 1. The van der Waals surface area contributed by atoms with E-state index in [1.54, 1.807) is 29.2 Å². The maximum Gasteiger partial charge on any atom is 0.257 e. The first kappa shape index (κ1) is 24.7. The molecule has 0 saturated carbocycles. The number of hydrogen-bond acceptors (Lipinski definition) is 7. The highest BCUT2D eigenvalue weighted by Crippen LogP contribution is 2.33. The van der Waals surface area contributed by atoms with Gasteiger partial charge >= 0.3 is 0 Å². The smallest absolute Gasteiger partial charge is 0.257 e. The Morgan fingerprint density at radius 3 is 2.77 bits per heavy atom. The summed E-state index contributed by atoms with van der Waals surface area (Å²) >= 11 is 0. The molecule has 5 rings (SSSR count). The van der Waals surface area contributed by atoms with Crippen molar-refractivity contribution in [2.45, 2.75) is 25.2 Å². The van der Waals surface area contributed by atoms with Gasteiger partial charge in [-0.3, -0.25) is 14.3 Å². The Labute approximate surface area is 204 Å². The number of nitrogens with one attached hydrogen (secondary N) is 3. The average Bonchev–Trinajstić information content (AvgIpc) is 2.81. The number of hydrogen-bond donors (Lipinski definition) is 4. The molecule has 3 aliphatic heterocycles. The average molecular weight is 500 g/mol.